The second kappa shape index (κ2) is 6.82. The first-order chi connectivity index (χ1) is 10.1. The molecule has 0 amide bonds. The SMILES string of the molecule is CC(=O)C(C=O)(Sc1cccnc1)Sc1nccc(C)n1. The van der Waals surface area contributed by atoms with E-state index in [-0.39, 0.29) is 5.78 Å². The summed E-state index contributed by atoms with van der Waals surface area (Å²) in [5.74, 6) is -0.263. The molecule has 2 aromatic heterocycles. The maximum Gasteiger partial charge on any atom is 0.189 e. The highest BCUT2D eigenvalue weighted by Crippen LogP contribution is 2.43. The summed E-state index contributed by atoms with van der Waals surface area (Å²) in [6.45, 7) is 3.22. The molecule has 0 aromatic carbocycles. The first-order valence-electron chi connectivity index (χ1n) is 6.11. The van der Waals surface area contributed by atoms with Crippen molar-refractivity contribution in [3.05, 3.63) is 42.5 Å². The summed E-state index contributed by atoms with van der Waals surface area (Å²) in [4.78, 5) is 36.7. The first kappa shape index (κ1) is 15.7. The van der Waals surface area contributed by atoms with Gasteiger partial charge in [0.1, 0.15) is 0 Å². The molecule has 21 heavy (non-hydrogen) atoms. The minimum Gasteiger partial charge on any atom is -0.300 e. The molecule has 0 aliphatic carbocycles. The molecule has 108 valence electrons. The number of pyridine rings is 1. The van der Waals surface area contributed by atoms with Crippen LogP contribution in [-0.4, -0.2) is 31.1 Å². The Balaban J connectivity index is 2.33. The fraction of sp³-hybridized carbons (Fsp3) is 0.214. The van der Waals surface area contributed by atoms with Gasteiger partial charge in [0.2, 0.25) is 0 Å². The Bertz CT molecular complexity index is 652. The fourth-order valence-corrected chi connectivity index (χ4v) is 3.74. The molecule has 0 saturated carbocycles. The van der Waals surface area contributed by atoms with Crippen LogP contribution in [0.15, 0.2) is 46.8 Å². The van der Waals surface area contributed by atoms with Crippen molar-refractivity contribution in [2.75, 3.05) is 0 Å². The molecular formula is C14H13N3O2S2. The van der Waals surface area contributed by atoms with Crippen LogP contribution in [0.5, 0.6) is 0 Å². The molecule has 2 heterocycles. The van der Waals surface area contributed by atoms with Gasteiger partial charge in [-0.05, 0) is 32.0 Å². The lowest BCUT2D eigenvalue weighted by Crippen LogP contribution is -2.31. The van der Waals surface area contributed by atoms with Crippen LogP contribution in [0.25, 0.3) is 0 Å². The lowest BCUT2D eigenvalue weighted by atomic mass is 10.3. The number of rotatable bonds is 6. The molecule has 7 heteroatoms. The van der Waals surface area contributed by atoms with Gasteiger partial charge in [0.25, 0.3) is 0 Å². The molecule has 0 bridgehead atoms. The van der Waals surface area contributed by atoms with Crippen LogP contribution in [0, 0.1) is 6.92 Å². The molecule has 1 atom stereocenters. The van der Waals surface area contributed by atoms with Crippen LogP contribution in [0.3, 0.4) is 0 Å². The van der Waals surface area contributed by atoms with Crippen molar-refractivity contribution in [2.24, 2.45) is 0 Å². The molecule has 0 N–H and O–H groups in total. The quantitative estimate of drug-likeness (QED) is 0.266. The summed E-state index contributed by atoms with van der Waals surface area (Å²) in [6, 6.07) is 5.32. The summed E-state index contributed by atoms with van der Waals surface area (Å²) < 4.78 is -1.31. The number of hydrogen-bond donors (Lipinski definition) is 0. The zero-order chi connectivity index (χ0) is 15.3. The van der Waals surface area contributed by atoms with Crippen molar-refractivity contribution in [3.8, 4) is 0 Å². The third kappa shape index (κ3) is 3.89. The van der Waals surface area contributed by atoms with E-state index < -0.39 is 4.08 Å². The van der Waals surface area contributed by atoms with Crippen LogP contribution >= 0.6 is 23.5 Å². The van der Waals surface area contributed by atoms with E-state index in [9.17, 15) is 9.59 Å². The Morgan fingerprint density at radius 1 is 1.29 bits per heavy atom. The van der Waals surface area contributed by atoms with E-state index in [2.05, 4.69) is 15.0 Å². The second-order valence-corrected chi connectivity index (χ2v) is 7.01. The van der Waals surface area contributed by atoms with Gasteiger partial charge >= 0.3 is 0 Å². The number of aromatic nitrogens is 3. The van der Waals surface area contributed by atoms with E-state index >= 15 is 0 Å². The number of carbonyl (C=O) groups is 2. The lowest BCUT2D eigenvalue weighted by molar-refractivity contribution is -0.121. The zero-order valence-corrected chi connectivity index (χ0v) is 13.1. The number of ketones is 1. The summed E-state index contributed by atoms with van der Waals surface area (Å²) in [6.07, 6.45) is 5.50. The molecule has 0 aliphatic heterocycles. The van der Waals surface area contributed by atoms with Crippen LogP contribution in [0.2, 0.25) is 0 Å². The Morgan fingerprint density at radius 2 is 2.10 bits per heavy atom. The minimum atomic E-state index is -1.31. The van der Waals surface area contributed by atoms with Gasteiger partial charge in [0, 0.05) is 29.2 Å². The third-order valence-electron chi connectivity index (χ3n) is 2.57. The van der Waals surface area contributed by atoms with E-state index in [1.807, 2.05) is 6.92 Å². The first-order valence-corrected chi connectivity index (χ1v) is 7.74. The molecule has 1 unspecified atom stereocenters. The van der Waals surface area contributed by atoms with E-state index in [0.717, 1.165) is 34.1 Å². The highest BCUT2D eigenvalue weighted by molar-refractivity contribution is 8.20. The molecule has 2 rings (SSSR count). The smallest absolute Gasteiger partial charge is 0.189 e. The Kier molecular flexibility index (Phi) is 5.08. The van der Waals surface area contributed by atoms with E-state index in [0.29, 0.717) is 11.4 Å². The third-order valence-corrected chi connectivity index (χ3v) is 5.30. The number of aryl methyl sites for hydroxylation is 1. The maximum absolute atomic E-state index is 12.0. The number of thioether (sulfide) groups is 2. The average Bonchev–Trinajstić information content (AvgIpc) is 2.47. The van der Waals surface area contributed by atoms with Gasteiger partial charge in [0.15, 0.2) is 21.3 Å². The summed E-state index contributed by atoms with van der Waals surface area (Å²) in [5.41, 5.74) is 0.780. The molecule has 0 saturated heterocycles. The van der Waals surface area contributed by atoms with Crippen LogP contribution in [-0.2, 0) is 9.59 Å². The summed E-state index contributed by atoms with van der Waals surface area (Å²) in [7, 11) is 0. The van der Waals surface area contributed by atoms with Crippen molar-refractivity contribution >= 4 is 35.6 Å². The highest BCUT2D eigenvalue weighted by Gasteiger charge is 2.39. The highest BCUT2D eigenvalue weighted by atomic mass is 32.2. The molecule has 2 aromatic rings. The van der Waals surface area contributed by atoms with Crippen LogP contribution in [0.1, 0.15) is 12.6 Å². The summed E-state index contributed by atoms with van der Waals surface area (Å²) >= 11 is 2.20. The van der Waals surface area contributed by atoms with Gasteiger partial charge in [-0.3, -0.25) is 9.78 Å². The van der Waals surface area contributed by atoms with Crippen molar-refractivity contribution in [1.29, 1.82) is 0 Å². The molecule has 0 spiro atoms. The topological polar surface area (TPSA) is 72.8 Å². The molecule has 0 radical (unpaired) electrons. The molecular weight excluding hydrogens is 306 g/mol. The van der Waals surface area contributed by atoms with Gasteiger partial charge in [-0.15, -0.1) is 0 Å². The lowest BCUT2D eigenvalue weighted by Gasteiger charge is -2.22. The largest absolute Gasteiger partial charge is 0.300 e. The van der Waals surface area contributed by atoms with Gasteiger partial charge in [0.05, 0.1) is 0 Å². The Hall–Kier alpha value is -1.73. The molecule has 0 aliphatic rings. The van der Waals surface area contributed by atoms with Gasteiger partial charge < -0.3 is 4.79 Å². The Labute approximate surface area is 131 Å². The van der Waals surface area contributed by atoms with Gasteiger partial charge in [-0.25, -0.2) is 9.97 Å². The maximum atomic E-state index is 12.0. The van der Waals surface area contributed by atoms with E-state index in [4.69, 9.17) is 0 Å². The second-order valence-electron chi connectivity index (χ2n) is 4.21. The van der Waals surface area contributed by atoms with Gasteiger partial charge in [-0.2, -0.15) is 0 Å². The van der Waals surface area contributed by atoms with Crippen LogP contribution in [0.4, 0.5) is 0 Å². The predicted molar refractivity (Wildman–Crippen MR) is 82.2 cm³/mol. The van der Waals surface area contributed by atoms with Crippen molar-refractivity contribution in [3.63, 3.8) is 0 Å². The number of hydrogen-bond acceptors (Lipinski definition) is 7. The predicted octanol–water partition coefficient (Wildman–Crippen LogP) is 2.55. The standard InChI is InChI=1S/C14H13N3O2S2/c1-10-5-7-16-13(17-10)21-14(9-18,11(2)19)20-12-4-3-6-15-8-12/h3-9H,1-2H3. The van der Waals surface area contributed by atoms with E-state index in [1.165, 1.54) is 6.92 Å². The zero-order valence-electron chi connectivity index (χ0n) is 11.5. The van der Waals surface area contributed by atoms with Crippen molar-refractivity contribution in [2.45, 2.75) is 28.0 Å². The Morgan fingerprint density at radius 3 is 2.67 bits per heavy atom. The number of carbonyl (C=O) groups excluding carboxylic acids is 2. The average molecular weight is 319 g/mol. The van der Waals surface area contributed by atoms with Crippen LogP contribution < -0.4 is 0 Å². The van der Waals surface area contributed by atoms with Crippen molar-refractivity contribution in [1.82, 2.24) is 15.0 Å². The van der Waals surface area contributed by atoms with E-state index in [1.54, 1.807) is 36.8 Å². The fourth-order valence-electron chi connectivity index (χ4n) is 1.49. The molecule has 5 nitrogen and oxygen atoms in total. The number of Topliss-reactive ketones (excluding diaryl/α,β-unsaturated/α-hetero) is 1. The van der Waals surface area contributed by atoms with Crippen molar-refractivity contribution < 1.29 is 9.59 Å². The summed E-state index contributed by atoms with van der Waals surface area (Å²) in [5, 5.41) is 0.397. The minimum absolute atomic E-state index is 0.263. The number of nitrogens with zero attached hydrogens (tertiary/aromatic N) is 3. The van der Waals surface area contributed by atoms with Gasteiger partial charge in [-0.1, -0.05) is 23.5 Å². The number of aldehydes is 1. The monoisotopic (exact) mass is 319 g/mol. The normalized spacial score (nSPS) is 13.4. The molecule has 0 fully saturated rings.